The fraction of sp³-hybridized carbons (Fsp3) is 0.900. The molecule has 0 aliphatic heterocycles. The van der Waals surface area contributed by atoms with Gasteiger partial charge >= 0.3 is 11.9 Å². The lowest BCUT2D eigenvalue weighted by molar-refractivity contribution is -0.174. The molecule has 3 nitrogen and oxygen atoms in total. The highest BCUT2D eigenvalue weighted by molar-refractivity contribution is 5.91. The fourth-order valence-corrected chi connectivity index (χ4v) is 2.68. The number of carbonyl (C=O) groups is 2. The maximum absolute atomic E-state index is 12.5. The van der Waals surface area contributed by atoms with Gasteiger partial charge in [0.25, 0.3) is 0 Å². The first-order chi connectivity index (χ1) is 10.2. The Bertz CT molecular complexity index is 405. The van der Waals surface area contributed by atoms with Gasteiger partial charge in [0.1, 0.15) is 0 Å². The first-order valence-corrected chi connectivity index (χ1v) is 8.98. The lowest BCUT2D eigenvalue weighted by Crippen LogP contribution is -2.39. The highest BCUT2D eigenvalue weighted by atomic mass is 16.6. The van der Waals surface area contributed by atoms with Crippen molar-refractivity contribution in [2.45, 2.75) is 82.1 Å². The molecule has 0 N–H and O–H groups in total. The van der Waals surface area contributed by atoms with Crippen molar-refractivity contribution in [2.24, 2.45) is 34.5 Å². The minimum atomic E-state index is -0.653. The quantitative estimate of drug-likeness (QED) is 0.438. The molecule has 0 aromatic rings. The molecule has 0 rings (SSSR count). The molecular weight excluding hydrogens is 288 g/mol. The van der Waals surface area contributed by atoms with E-state index in [2.05, 4.69) is 41.5 Å². The van der Waals surface area contributed by atoms with Crippen LogP contribution in [0.25, 0.3) is 0 Å². The summed E-state index contributed by atoms with van der Waals surface area (Å²) in [6, 6.07) is 0. The van der Waals surface area contributed by atoms with E-state index in [1.165, 1.54) is 0 Å². The number of esters is 2. The summed E-state index contributed by atoms with van der Waals surface area (Å²) in [7, 11) is 0. The van der Waals surface area contributed by atoms with Gasteiger partial charge in [-0.05, 0) is 64.2 Å². The van der Waals surface area contributed by atoms with Gasteiger partial charge in [-0.2, -0.15) is 0 Å². The van der Waals surface area contributed by atoms with Crippen LogP contribution in [-0.4, -0.2) is 11.9 Å². The molecule has 0 aliphatic rings. The first kappa shape index (κ1) is 22.1. The van der Waals surface area contributed by atoms with Gasteiger partial charge in [-0.1, -0.05) is 41.5 Å². The molecule has 0 aliphatic carbocycles. The molecule has 23 heavy (non-hydrogen) atoms. The summed E-state index contributed by atoms with van der Waals surface area (Å²) in [4.78, 5) is 25.0. The zero-order valence-electron chi connectivity index (χ0n) is 16.9. The average Bonchev–Trinajstić information content (AvgIpc) is 2.36. The predicted octanol–water partition coefficient (Wildman–Crippen LogP) is 5.47. The van der Waals surface area contributed by atoms with Crippen molar-refractivity contribution in [1.29, 1.82) is 0 Å². The normalized spacial score (nSPS) is 15.7. The zero-order chi connectivity index (χ0) is 18.6. The maximum Gasteiger partial charge on any atom is 0.319 e. The van der Waals surface area contributed by atoms with Gasteiger partial charge in [0.15, 0.2) is 0 Å². The van der Waals surface area contributed by atoms with Crippen LogP contribution in [0, 0.1) is 34.5 Å². The van der Waals surface area contributed by atoms with Crippen molar-refractivity contribution < 1.29 is 14.3 Å². The van der Waals surface area contributed by atoms with E-state index < -0.39 is 22.8 Å². The Morgan fingerprint density at radius 1 is 0.870 bits per heavy atom. The van der Waals surface area contributed by atoms with Crippen LogP contribution in [0.2, 0.25) is 0 Å². The number of ether oxygens (including phenoxy) is 1. The molecule has 0 spiro atoms. The van der Waals surface area contributed by atoms with Crippen LogP contribution in [0.5, 0.6) is 0 Å². The monoisotopic (exact) mass is 326 g/mol. The van der Waals surface area contributed by atoms with Gasteiger partial charge in [-0.3, -0.25) is 9.59 Å². The molecule has 0 saturated heterocycles. The second-order valence-electron chi connectivity index (χ2n) is 9.24. The Balaban J connectivity index is 4.90. The van der Waals surface area contributed by atoms with Crippen LogP contribution < -0.4 is 0 Å². The van der Waals surface area contributed by atoms with Gasteiger partial charge in [-0.25, -0.2) is 0 Å². The van der Waals surface area contributed by atoms with Gasteiger partial charge < -0.3 is 4.74 Å². The molecule has 0 aromatic heterocycles. The van der Waals surface area contributed by atoms with Gasteiger partial charge in [0.05, 0.1) is 10.8 Å². The summed E-state index contributed by atoms with van der Waals surface area (Å²) < 4.78 is 5.29. The van der Waals surface area contributed by atoms with Crippen molar-refractivity contribution >= 4 is 11.9 Å². The number of rotatable bonds is 8. The van der Waals surface area contributed by atoms with Crippen LogP contribution in [-0.2, 0) is 14.3 Å². The Kier molecular flexibility index (Phi) is 7.99. The van der Waals surface area contributed by atoms with Crippen molar-refractivity contribution in [3.05, 3.63) is 0 Å². The molecule has 2 atom stereocenters. The average molecular weight is 327 g/mol. The van der Waals surface area contributed by atoms with Crippen LogP contribution in [0.3, 0.4) is 0 Å². The van der Waals surface area contributed by atoms with Crippen LogP contribution in [0.4, 0.5) is 0 Å². The Labute approximate surface area is 143 Å². The summed E-state index contributed by atoms with van der Waals surface area (Å²) >= 11 is 0. The van der Waals surface area contributed by atoms with Gasteiger partial charge in [-0.15, -0.1) is 0 Å². The third-order valence-corrected chi connectivity index (χ3v) is 5.29. The van der Waals surface area contributed by atoms with E-state index in [0.717, 1.165) is 12.8 Å². The summed E-state index contributed by atoms with van der Waals surface area (Å²) in [6.45, 7) is 20.2. The van der Waals surface area contributed by atoms with Crippen LogP contribution >= 0.6 is 0 Å². The van der Waals surface area contributed by atoms with Gasteiger partial charge in [0, 0.05) is 0 Å². The van der Waals surface area contributed by atoms with Crippen molar-refractivity contribution in [1.82, 2.24) is 0 Å². The minimum Gasteiger partial charge on any atom is -0.392 e. The molecule has 136 valence electrons. The standard InChI is InChI=1S/C20H38O3/c1-13(2)11-16(6)20(9,10)18(22)23-17(21)19(7,8)12-15(5)14(3)4/h13-16H,11-12H2,1-10H3. The third-order valence-electron chi connectivity index (χ3n) is 5.29. The highest BCUT2D eigenvalue weighted by Crippen LogP contribution is 2.35. The maximum atomic E-state index is 12.5. The SMILES string of the molecule is CC(C)CC(C)C(C)(C)C(=O)OC(=O)C(C)(C)CC(C)C(C)C. The summed E-state index contributed by atoms with van der Waals surface area (Å²) in [5.41, 5.74) is -1.30. The van der Waals surface area contributed by atoms with Crippen LogP contribution in [0.15, 0.2) is 0 Å². The molecule has 3 heteroatoms. The molecule has 0 bridgehead atoms. The van der Waals surface area contributed by atoms with Crippen molar-refractivity contribution in [3.63, 3.8) is 0 Å². The summed E-state index contributed by atoms with van der Waals surface area (Å²) in [6.07, 6.45) is 1.66. The van der Waals surface area contributed by atoms with Crippen molar-refractivity contribution in [3.8, 4) is 0 Å². The molecule has 0 amide bonds. The Morgan fingerprint density at radius 3 is 1.74 bits per heavy atom. The Morgan fingerprint density at radius 2 is 1.35 bits per heavy atom. The second kappa shape index (κ2) is 8.30. The molecule has 0 heterocycles. The first-order valence-electron chi connectivity index (χ1n) is 8.98. The van der Waals surface area contributed by atoms with E-state index in [1.54, 1.807) is 0 Å². The number of hydrogen-bond donors (Lipinski definition) is 0. The smallest absolute Gasteiger partial charge is 0.319 e. The molecule has 0 saturated carbocycles. The van der Waals surface area contributed by atoms with E-state index >= 15 is 0 Å². The highest BCUT2D eigenvalue weighted by Gasteiger charge is 2.40. The van der Waals surface area contributed by atoms with E-state index in [-0.39, 0.29) is 5.92 Å². The van der Waals surface area contributed by atoms with E-state index in [0.29, 0.717) is 17.8 Å². The van der Waals surface area contributed by atoms with Crippen molar-refractivity contribution in [2.75, 3.05) is 0 Å². The number of hydrogen-bond acceptors (Lipinski definition) is 3. The minimum absolute atomic E-state index is 0.167. The van der Waals surface area contributed by atoms with Gasteiger partial charge in [0.2, 0.25) is 0 Å². The molecule has 2 unspecified atom stereocenters. The summed E-state index contributed by atoms with van der Waals surface area (Å²) in [5.74, 6) is 0.776. The zero-order valence-corrected chi connectivity index (χ0v) is 16.9. The van der Waals surface area contributed by atoms with E-state index in [4.69, 9.17) is 4.74 Å². The number of carbonyl (C=O) groups excluding carboxylic acids is 2. The van der Waals surface area contributed by atoms with E-state index in [1.807, 2.05) is 27.7 Å². The molecular formula is C20H38O3. The summed E-state index contributed by atoms with van der Waals surface area (Å²) in [5, 5.41) is 0. The van der Waals surface area contributed by atoms with Crippen LogP contribution in [0.1, 0.15) is 82.1 Å². The largest absolute Gasteiger partial charge is 0.392 e. The molecule has 0 fully saturated rings. The lowest BCUT2D eigenvalue weighted by Gasteiger charge is -2.32. The predicted molar refractivity (Wildman–Crippen MR) is 95.9 cm³/mol. The molecule has 0 radical (unpaired) electrons. The second-order valence-corrected chi connectivity index (χ2v) is 9.24. The molecule has 0 aromatic carbocycles. The Hall–Kier alpha value is -0.860. The fourth-order valence-electron chi connectivity index (χ4n) is 2.68. The lowest BCUT2D eigenvalue weighted by atomic mass is 9.75. The third kappa shape index (κ3) is 6.64. The van der Waals surface area contributed by atoms with E-state index in [9.17, 15) is 9.59 Å². The topological polar surface area (TPSA) is 43.4 Å².